The maximum atomic E-state index is 3.87. The zero-order valence-corrected chi connectivity index (χ0v) is 5.55. The lowest BCUT2D eigenvalue weighted by atomic mass is 10.6. The van der Waals surface area contributed by atoms with Crippen molar-refractivity contribution in [1.82, 2.24) is 5.01 Å². The first-order valence-electron chi connectivity index (χ1n) is 2.36. The monoisotopic (exact) mass is 113 g/mol. The Morgan fingerprint density at radius 2 is 2.12 bits per heavy atom. The van der Waals surface area contributed by atoms with E-state index in [-0.39, 0.29) is 0 Å². The Kier molecular flexibility index (Phi) is 2.84. The average molecular weight is 113 g/mol. The van der Waals surface area contributed by atoms with Gasteiger partial charge in [-0.2, -0.15) is 5.10 Å². The molecule has 0 unspecified atom stereocenters. The number of aliphatic imine (C=N–C) groups is 1. The van der Waals surface area contributed by atoms with Gasteiger partial charge >= 0.3 is 0 Å². The van der Waals surface area contributed by atoms with Crippen molar-refractivity contribution in [1.29, 1.82) is 0 Å². The summed E-state index contributed by atoms with van der Waals surface area (Å²) < 4.78 is 0. The van der Waals surface area contributed by atoms with Crippen molar-refractivity contribution in [2.75, 3.05) is 14.1 Å². The Morgan fingerprint density at radius 3 is 2.25 bits per heavy atom. The third kappa shape index (κ3) is 1.73. The SMILES string of the molecule is C=NN(C)/C(C)=N\C. The van der Waals surface area contributed by atoms with Crippen molar-refractivity contribution in [2.24, 2.45) is 10.1 Å². The molecule has 0 aromatic heterocycles. The third-order valence-corrected chi connectivity index (χ3v) is 1.00. The number of hydrogen-bond acceptors (Lipinski definition) is 2. The van der Waals surface area contributed by atoms with Crippen molar-refractivity contribution in [3.63, 3.8) is 0 Å². The highest BCUT2D eigenvalue weighted by molar-refractivity contribution is 5.79. The van der Waals surface area contributed by atoms with Gasteiger partial charge in [0.25, 0.3) is 0 Å². The molecule has 0 aromatic carbocycles. The van der Waals surface area contributed by atoms with Crippen LogP contribution in [0.2, 0.25) is 0 Å². The van der Waals surface area contributed by atoms with E-state index in [1.54, 1.807) is 19.1 Å². The van der Waals surface area contributed by atoms with E-state index in [4.69, 9.17) is 0 Å². The molecule has 0 aliphatic heterocycles. The molecule has 0 saturated carbocycles. The molecule has 0 N–H and O–H groups in total. The van der Waals surface area contributed by atoms with E-state index in [0.29, 0.717) is 0 Å². The molecule has 0 rings (SSSR count). The Morgan fingerprint density at radius 1 is 1.62 bits per heavy atom. The average Bonchev–Trinajstić information content (AvgIpc) is 1.84. The van der Waals surface area contributed by atoms with Gasteiger partial charge < -0.3 is 0 Å². The number of nitrogens with zero attached hydrogens (tertiary/aromatic N) is 3. The minimum absolute atomic E-state index is 0.861. The van der Waals surface area contributed by atoms with Gasteiger partial charge in [-0.3, -0.25) is 10.0 Å². The fraction of sp³-hybridized carbons (Fsp3) is 0.600. The molecule has 0 aliphatic rings. The van der Waals surface area contributed by atoms with E-state index < -0.39 is 0 Å². The summed E-state index contributed by atoms with van der Waals surface area (Å²) in [4.78, 5) is 3.87. The topological polar surface area (TPSA) is 28.0 Å². The molecule has 0 heterocycles. The van der Waals surface area contributed by atoms with Gasteiger partial charge in [-0.1, -0.05) is 0 Å². The number of rotatable bonds is 1. The maximum absolute atomic E-state index is 3.87. The second kappa shape index (κ2) is 3.18. The molecule has 0 atom stereocenters. The van der Waals surface area contributed by atoms with Gasteiger partial charge in [0, 0.05) is 20.8 Å². The molecule has 0 radical (unpaired) electrons. The van der Waals surface area contributed by atoms with Gasteiger partial charge in [0.1, 0.15) is 5.84 Å². The molecule has 3 nitrogen and oxygen atoms in total. The summed E-state index contributed by atoms with van der Waals surface area (Å²) in [6.07, 6.45) is 0. The highest BCUT2D eigenvalue weighted by Crippen LogP contribution is 1.83. The van der Waals surface area contributed by atoms with E-state index in [1.807, 2.05) is 6.92 Å². The first kappa shape index (κ1) is 7.14. The number of hydrogen-bond donors (Lipinski definition) is 0. The lowest BCUT2D eigenvalue weighted by Gasteiger charge is -2.08. The Balaban J connectivity index is 3.81. The lowest BCUT2D eigenvalue weighted by Crippen LogP contribution is -2.16. The number of amidine groups is 1. The fourth-order valence-corrected chi connectivity index (χ4v) is 0.247. The molecule has 0 amide bonds. The van der Waals surface area contributed by atoms with E-state index >= 15 is 0 Å². The van der Waals surface area contributed by atoms with Crippen LogP contribution in [0.1, 0.15) is 6.92 Å². The summed E-state index contributed by atoms with van der Waals surface area (Å²) in [6, 6.07) is 0. The molecule has 0 bridgehead atoms. The number of hydrazone groups is 1. The molecular weight excluding hydrogens is 102 g/mol. The second-order valence-corrected chi connectivity index (χ2v) is 1.44. The van der Waals surface area contributed by atoms with Crippen LogP contribution in [0.25, 0.3) is 0 Å². The van der Waals surface area contributed by atoms with Gasteiger partial charge in [-0.05, 0) is 6.92 Å². The molecule has 0 fully saturated rings. The zero-order valence-electron chi connectivity index (χ0n) is 5.55. The lowest BCUT2D eigenvalue weighted by molar-refractivity contribution is 0.545. The molecule has 8 heavy (non-hydrogen) atoms. The van der Waals surface area contributed by atoms with Gasteiger partial charge in [-0.15, -0.1) is 0 Å². The first-order valence-corrected chi connectivity index (χ1v) is 2.36. The van der Waals surface area contributed by atoms with Gasteiger partial charge in [-0.25, -0.2) is 0 Å². The summed E-state index contributed by atoms with van der Waals surface area (Å²) in [5.74, 6) is 0.861. The molecule has 0 saturated heterocycles. The van der Waals surface area contributed by atoms with Crippen LogP contribution in [-0.4, -0.2) is 31.7 Å². The van der Waals surface area contributed by atoms with Crippen LogP contribution in [-0.2, 0) is 0 Å². The Labute approximate surface area is 49.7 Å². The van der Waals surface area contributed by atoms with Crippen molar-refractivity contribution >= 4 is 12.6 Å². The van der Waals surface area contributed by atoms with Gasteiger partial charge in [0.2, 0.25) is 0 Å². The first-order chi connectivity index (χ1) is 3.72. The summed E-state index contributed by atoms with van der Waals surface area (Å²) >= 11 is 0. The smallest absolute Gasteiger partial charge is 0.116 e. The van der Waals surface area contributed by atoms with Crippen molar-refractivity contribution < 1.29 is 0 Å². The molecule has 0 aromatic rings. The fourth-order valence-electron chi connectivity index (χ4n) is 0.247. The summed E-state index contributed by atoms with van der Waals surface area (Å²) in [6.45, 7) is 5.19. The summed E-state index contributed by atoms with van der Waals surface area (Å²) in [5.41, 5.74) is 0. The molecule has 0 spiro atoms. The van der Waals surface area contributed by atoms with Gasteiger partial charge in [0.15, 0.2) is 0 Å². The van der Waals surface area contributed by atoms with Crippen LogP contribution >= 0.6 is 0 Å². The van der Waals surface area contributed by atoms with E-state index in [1.165, 1.54) is 0 Å². The van der Waals surface area contributed by atoms with Gasteiger partial charge in [0.05, 0.1) is 0 Å². The predicted molar refractivity (Wildman–Crippen MR) is 36.3 cm³/mol. The van der Waals surface area contributed by atoms with Crippen LogP contribution in [0.3, 0.4) is 0 Å². The van der Waals surface area contributed by atoms with Crippen LogP contribution in [0.4, 0.5) is 0 Å². The minimum atomic E-state index is 0.861. The Hall–Kier alpha value is -0.860. The third-order valence-electron chi connectivity index (χ3n) is 1.00. The molecular formula is C5H11N3. The highest BCUT2D eigenvalue weighted by atomic mass is 15.4. The largest absolute Gasteiger partial charge is 0.274 e. The van der Waals surface area contributed by atoms with E-state index in [0.717, 1.165) is 5.84 Å². The summed E-state index contributed by atoms with van der Waals surface area (Å²) in [5, 5.41) is 5.22. The highest BCUT2D eigenvalue weighted by Gasteiger charge is 1.90. The van der Waals surface area contributed by atoms with Crippen LogP contribution < -0.4 is 0 Å². The van der Waals surface area contributed by atoms with Crippen molar-refractivity contribution in [3.8, 4) is 0 Å². The predicted octanol–water partition coefficient (Wildman–Crippen LogP) is 0.582. The summed E-state index contributed by atoms with van der Waals surface area (Å²) in [7, 11) is 3.52. The molecule has 46 valence electrons. The molecule has 3 heteroatoms. The Bertz CT molecular complexity index is 106. The maximum Gasteiger partial charge on any atom is 0.116 e. The van der Waals surface area contributed by atoms with E-state index in [9.17, 15) is 0 Å². The zero-order chi connectivity index (χ0) is 6.57. The molecule has 0 aliphatic carbocycles. The van der Waals surface area contributed by atoms with Crippen LogP contribution in [0, 0.1) is 0 Å². The van der Waals surface area contributed by atoms with Crippen LogP contribution in [0.5, 0.6) is 0 Å². The standard InChI is InChI=1S/C5H11N3/c1-5(6-2)8(4)7-3/h3H2,1-2,4H3/b6-5-. The van der Waals surface area contributed by atoms with Crippen LogP contribution in [0.15, 0.2) is 10.1 Å². The van der Waals surface area contributed by atoms with E-state index in [2.05, 4.69) is 16.8 Å². The second-order valence-electron chi connectivity index (χ2n) is 1.44. The normalized spacial score (nSPS) is 11.1. The van der Waals surface area contributed by atoms with Crippen molar-refractivity contribution in [3.05, 3.63) is 0 Å². The van der Waals surface area contributed by atoms with Crippen molar-refractivity contribution in [2.45, 2.75) is 6.92 Å². The minimum Gasteiger partial charge on any atom is -0.274 e. The quantitative estimate of drug-likeness (QED) is 0.278.